The number of aryl methyl sites for hydroxylation is 2. The van der Waals surface area contributed by atoms with E-state index in [4.69, 9.17) is 4.74 Å². The van der Waals surface area contributed by atoms with Gasteiger partial charge in [0, 0.05) is 25.9 Å². The van der Waals surface area contributed by atoms with Gasteiger partial charge in [0.25, 0.3) is 0 Å². The summed E-state index contributed by atoms with van der Waals surface area (Å²) >= 11 is 0. The second kappa shape index (κ2) is 7.78. The number of rotatable bonds is 7. The molecule has 1 amide bonds. The van der Waals surface area contributed by atoms with Crippen molar-refractivity contribution in [3.05, 3.63) is 47.8 Å². The van der Waals surface area contributed by atoms with E-state index in [9.17, 15) is 4.79 Å². The highest BCUT2D eigenvalue weighted by molar-refractivity contribution is 5.82. The molecule has 1 unspecified atom stereocenters. The maximum absolute atomic E-state index is 12.6. The standard InChI is InChI=1S/C17H24N4O2/c1-13-7-5-6-8-15(13)23-10-9-20(3)17(22)16(18-2)14-11-19-21(4)12-14/h5-8,11-12,16,18H,9-10H2,1-4H3. The maximum atomic E-state index is 12.6. The smallest absolute Gasteiger partial charge is 0.244 e. The molecule has 0 radical (unpaired) electrons. The number of hydrogen-bond donors (Lipinski definition) is 1. The topological polar surface area (TPSA) is 59.4 Å². The van der Waals surface area contributed by atoms with E-state index < -0.39 is 6.04 Å². The summed E-state index contributed by atoms with van der Waals surface area (Å²) in [6.45, 7) is 2.98. The molecule has 1 aromatic carbocycles. The highest BCUT2D eigenvalue weighted by Crippen LogP contribution is 2.17. The van der Waals surface area contributed by atoms with E-state index in [2.05, 4.69) is 10.4 Å². The molecule has 1 atom stereocenters. The third-order valence-corrected chi connectivity index (χ3v) is 3.75. The molecule has 0 aliphatic heterocycles. The van der Waals surface area contributed by atoms with Gasteiger partial charge < -0.3 is 15.0 Å². The number of hydrogen-bond acceptors (Lipinski definition) is 4. The van der Waals surface area contributed by atoms with Crippen molar-refractivity contribution in [2.75, 3.05) is 27.2 Å². The number of para-hydroxylation sites is 1. The van der Waals surface area contributed by atoms with Crippen molar-refractivity contribution in [1.82, 2.24) is 20.0 Å². The van der Waals surface area contributed by atoms with Crippen LogP contribution >= 0.6 is 0 Å². The Balaban J connectivity index is 1.90. The zero-order valence-corrected chi connectivity index (χ0v) is 14.1. The van der Waals surface area contributed by atoms with Gasteiger partial charge in [0.2, 0.25) is 5.91 Å². The van der Waals surface area contributed by atoms with E-state index >= 15 is 0 Å². The van der Waals surface area contributed by atoms with Gasteiger partial charge in [0.05, 0.1) is 12.7 Å². The highest BCUT2D eigenvalue weighted by atomic mass is 16.5. The van der Waals surface area contributed by atoms with E-state index in [-0.39, 0.29) is 5.91 Å². The van der Waals surface area contributed by atoms with Crippen LogP contribution in [0.25, 0.3) is 0 Å². The molecule has 1 aromatic heterocycles. The minimum atomic E-state index is -0.396. The van der Waals surface area contributed by atoms with Crippen molar-refractivity contribution in [3.63, 3.8) is 0 Å². The first-order valence-electron chi connectivity index (χ1n) is 7.62. The van der Waals surface area contributed by atoms with Crippen molar-refractivity contribution in [1.29, 1.82) is 0 Å². The summed E-state index contributed by atoms with van der Waals surface area (Å²) in [4.78, 5) is 14.2. The number of likely N-dealkylation sites (N-methyl/N-ethyl adjacent to an activating group) is 2. The molecule has 0 fully saturated rings. The Morgan fingerprint density at radius 1 is 1.43 bits per heavy atom. The molecule has 0 saturated heterocycles. The summed E-state index contributed by atoms with van der Waals surface area (Å²) < 4.78 is 7.44. The number of aromatic nitrogens is 2. The van der Waals surface area contributed by atoms with Gasteiger partial charge in [0.1, 0.15) is 18.4 Å². The lowest BCUT2D eigenvalue weighted by molar-refractivity contribution is -0.132. The predicted molar refractivity (Wildman–Crippen MR) is 89.3 cm³/mol. The highest BCUT2D eigenvalue weighted by Gasteiger charge is 2.23. The molecular formula is C17H24N4O2. The lowest BCUT2D eigenvalue weighted by Crippen LogP contribution is -2.39. The van der Waals surface area contributed by atoms with Crippen molar-refractivity contribution in [2.45, 2.75) is 13.0 Å². The summed E-state index contributed by atoms with van der Waals surface area (Å²) in [5.41, 5.74) is 1.94. The molecule has 0 spiro atoms. The van der Waals surface area contributed by atoms with Crippen molar-refractivity contribution >= 4 is 5.91 Å². The van der Waals surface area contributed by atoms with Gasteiger partial charge in [-0.3, -0.25) is 9.48 Å². The molecule has 2 rings (SSSR count). The molecule has 0 saturated carbocycles. The fourth-order valence-electron chi connectivity index (χ4n) is 2.36. The Hall–Kier alpha value is -2.34. The van der Waals surface area contributed by atoms with Gasteiger partial charge in [-0.2, -0.15) is 5.10 Å². The number of nitrogens with zero attached hydrogens (tertiary/aromatic N) is 3. The summed E-state index contributed by atoms with van der Waals surface area (Å²) in [7, 11) is 5.39. The Labute approximate surface area is 137 Å². The Kier molecular flexibility index (Phi) is 5.76. The van der Waals surface area contributed by atoms with Crippen LogP contribution in [-0.4, -0.2) is 47.8 Å². The van der Waals surface area contributed by atoms with Crippen molar-refractivity contribution in [2.24, 2.45) is 7.05 Å². The molecule has 0 aliphatic rings. The zero-order valence-electron chi connectivity index (χ0n) is 14.1. The Morgan fingerprint density at radius 3 is 2.78 bits per heavy atom. The van der Waals surface area contributed by atoms with Crippen LogP contribution < -0.4 is 10.1 Å². The van der Waals surface area contributed by atoms with Crippen LogP contribution in [-0.2, 0) is 11.8 Å². The van der Waals surface area contributed by atoms with Gasteiger partial charge in [0.15, 0.2) is 0 Å². The molecule has 6 heteroatoms. The van der Waals surface area contributed by atoms with Crippen LogP contribution in [0.2, 0.25) is 0 Å². The predicted octanol–water partition coefficient (Wildman–Crippen LogP) is 1.53. The molecule has 6 nitrogen and oxygen atoms in total. The summed E-state index contributed by atoms with van der Waals surface area (Å²) in [5, 5.41) is 7.16. The van der Waals surface area contributed by atoms with Crippen LogP contribution in [0.5, 0.6) is 5.75 Å². The van der Waals surface area contributed by atoms with Gasteiger partial charge in [-0.1, -0.05) is 18.2 Å². The molecule has 0 aliphatic carbocycles. The largest absolute Gasteiger partial charge is 0.491 e. The Bertz CT molecular complexity index is 654. The van der Waals surface area contributed by atoms with Gasteiger partial charge in [-0.05, 0) is 25.6 Å². The molecular weight excluding hydrogens is 292 g/mol. The van der Waals surface area contributed by atoms with E-state index in [1.54, 1.807) is 29.9 Å². The van der Waals surface area contributed by atoms with Gasteiger partial charge in [-0.15, -0.1) is 0 Å². The van der Waals surface area contributed by atoms with E-state index in [0.717, 1.165) is 16.9 Å². The number of nitrogens with one attached hydrogen (secondary N) is 1. The number of carbonyl (C=O) groups is 1. The van der Waals surface area contributed by atoms with Gasteiger partial charge in [-0.25, -0.2) is 0 Å². The normalized spacial score (nSPS) is 12.0. The third-order valence-electron chi connectivity index (χ3n) is 3.75. The summed E-state index contributed by atoms with van der Waals surface area (Å²) in [6, 6.07) is 7.46. The lowest BCUT2D eigenvalue weighted by Gasteiger charge is -2.23. The quantitative estimate of drug-likeness (QED) is 0.841. The van der Waals surface area contributed by atoms with Crippen LogP contribution in [0, 0.1) is 6.92 Å². The van der Waals surface area contributed by atoms with E-state index in [1.165, 1.54) is 0 Å². The average Bonchev–Trinajstić information content (AvgIpc) is 2.96. The molecule has 124 valence electrons. The van der Waals surface area contributed by atoms with Gasteiger partial charge >= 0.3 is 0 Å². The number of ether oxygens (including phenoxy) is 1. The first kappa shape index (κ1) is 17.0. The summed E-state index contributed by atoms with van der Waals surface area (Å²) in [5.74, 6) is 0.847. The van der Waals surface area contributed by atoms with Crippen LogP contribution in [0.1, 0.15) is 17.2 Å². The first-order valence-corrected chi connectivity index (χ1v) is 7.62. The number of carbonyl (C=O) groups excluding carboxylic acids is 1. The molecule has 1 N–H and O–H groups in total. The minimum absolute atomic E-state index is 0.00566. The summed E-state index contributed by atoms with van der Waals surface area (Å²) in [6.07, 6.45) is 3.55. The molecule has 0 bridgehead atoms. The molecule has 2 aromatic rings. The monoisotopic (exact) mass is 316 g/mol. The third kappa shape index (κ3) is 4.32. The second-order valence-electron chi connectivity index (χ2n) is 5.54. The van der Waals surface area contributed by atoms with Crippen LogP contribution in [0.15, 0.2) is 36.7 Å². The first-order chi connectivity index (χ1) is 11.0. The average molecular weight is 316 g/mol. The van der Waals surface area contributed by atoms with E-state index in [0.29, 0.717) is 13.2 Å². The fraction of sp³-hybridized carbons (Fsp3) is 0.412. The van der Waals surface area contributed by atoms with Crippen molar-refractivity contribution < 1.29 is 9.53 Å². The maximum Gasteiger partial charge on any atom is 0.244 e. The van der Waals surface area contributed by atoms with E-state index in [1.807, 2.05) is 44.4 Å². The second-order valence-corrected chi connectivity index (χ2v) is 5.54. The molecule has 1 heterocycles. The minimum Gasteiger partial charge on any atom is -0.491 e. The Morgan fingerprint density at radius 2 is 2.17 bits per heavy atom. The number of benzene rings is 1. The van der Waals surface area contributed by atoms with Crippen LogP contribution in [0.3, 0.4) is 0 Å². The van der Waals surface area contributed by atoms with Crippen LogP contribution in [0.4, 0.5) is 0 Å². The zero-order chi connectivity index (χ0) is 16.8. The van der Waals surface area contributed by atoms with Crippen molar-refractivity contribution in [3.8, 4) is 5.75 Å². The fourth-order valence-corrected chi connectivity index (χ4v) is 2.36. The number of amides is 1. The lowest BCUT2D eigenvalue weighted by atomic mass is 10.1. The molecule has 23 heavy (non-hydrogen) atoms. The SMILES string of the molecule is CNC(C(=O)N(C)CCOc1ccccc1C)c1cnn(C)c1.